The summed E-state index contributed by atoms with van der Waals surface area (Å²) in [5.74, 6) is 0. The molecule has 0 bridgehead atoms. The molecule has 2 aromatic heterocycles. The first-order chi connectivity index (χ1) is 18.9. The third-order valence-corrected chi connectivity index (χ3v) is 12.2. The zero-order valence-electron chi connectivity index (χ0n) is 20.9. The molecule has 0 unspecified atom stereocenters. The van der Waals surface area contributed by atoms with Gasteiger partial charge in [0.05, 0.1) is 11.0 Å². The van der Waals surface area contributed by atoms with Crippen molar-refractivity contribution in [1.29, 1.82) is 0 Å². The fraction of sp³-hybridized carbons (Fsp3) is 0. The SMILES string of the molecule is c1ccc(-n2c3ccccc3c3cc([Si](c4ccccc4)(c4ccccc4)c4ccccn4)ccc32)cc1. The van der Waals surface area contributed by atoms with Gasteiger partial charge in [-0.2, -0.15) is 0 Å². The first-order valence-electron chi connectivity index (χ1n) is 13.0. The topological polar surface area (TPSA) is 17.8 Å². The van der Waals surface area contributed by atoms with Crippen molar-refractivity contribution >= 4 is 50.8 Å². The second kappa shape index (κ2) is 9.29. The average molecular weight is 503 g/mol. The molecule has 38 heavy (non-hydrogen) atoms. The molecule has 0 aliphatic heterocycles. The highest BCUT2D eigenvalue weighted by Gasteiger charge is 2.43. The van der Waals surface area contributed by atoms with Crippen LogP contribution in [0.3, 0.4) is 0 Å². The lowest BCUT2D eigenvalue weighted by molar-refractivity contribution is 1.18. The summed E-state index contributed by atoms with van der Waals surface area (Å²) in [7, 11) is -2.69. The zero-order valence-corrected chi connectivity index (χ0v) is 21.9. The molecule has 3 heteroatoms. The normalized spacial score (nSPS) is 11.7. The molecule has 2 heterocycles. The summed E-state index contributed by atoms with van der Waals surface area (Å²) in [6.07, 6.45) is 1.93. The Labute approximate surface area is 223 Å². The molecule has 0 saturated heterocycles. The van der Waals surface area contributed by atoms with Crippen molar-refractivity contribution in [3.63, 3.8) is 0 Å². The summed E-state index contributed by atoms with van der Waals surface area (Å²) in [6.45, 7) is 0. The molecular formula is C35H26N2Si. The minimum Gasteiger partial charge on any atom is -0.309 e. The number of hydrogen-bond donors (Lipinski definition) is 0. The van der Waals surface area contributed by atoms with Crippen molar-refractivity contribution in [2.24, 2.45) is 0 Å². The smallest absolute Gasteiger partial charge is 0.201 e. The summed E-state index contributed by atoms with van der Waals surface area (Å²) in [4.78, 5) is 5.03. The summed E-state index contributed by atoms with van der Waals surface area (Å²) in [6, 6.07) is 54.8. The maximum absolute atomic E-state index is 5.03. The van der Waals surface area contributed by atoms with Gasteiger partial charge in [-0.1, -0.05) is 115 Å². The standard InChI is InChI=1S/C35H26N2Si/c1-4-14-27(15-5-1)37-33-21-11-10-20-31(33)32-26-30(23-24-34(32)37)38(28-16-6-2-7-17-28,29-18-8-3-9-19-29)35-22-12-13-25-36-35/h1-26H. The van der Waals surface area contributed by atoms with E-state index in [1.54, 1.807) is 0 Å². The molecule has 7 aromatic rings. The number of pyridine rings is 1. The van der Waals surface area contributed by atoms with Gasteiger partial charge >= 0.3 is 0 Å². The Morgan fingerprint density at radius 3 is 1.68 bits per heavy atom. The number of nitrogens with zero attached hydrogens (tertiary/aromatic N) is 2. The lowest BCUT2D eigenvalue weighted by atomic mass is 10.1. The fourth-order valence-electron chi connectivity index (χ4n) is 5.97. The van der Waals surface area contributed by atoms with E-state index in [0.29, 0.717) is 0 Å². The van der Waals surface area contributed by atoms with Crippen LogP contribution in [0.2, 0.25) is 0 Å². The van der Waals surface area contributed by atoms with Crippen molar-refractivity contribution in [3.05, 3.63) is 158 Å². The first-order valence-corrected chi connectivity index (χ1v) is 15.0. The molecule has 0 N–H and O–H groups in total. The minimum absolute atomic E-state index is 1.14. The molecular weight excluding hydrogens is 476 g/mol. The quantitative estimate of drug-likeness (QED) is 0.223. The first kappa shape index (κ1) is 22.5. The maximum Gasteiger partial charge on any atom is 0.201 e. The zero-order chi connectivity index (χ0) is 25.4. The molecule has 0 aliphatic rings. The predicted molar refractivity (Wildman–Crippen MR) is 162 cm³/mol. The molecule has 5 aromatic carbocycles. The van der Waals surface area contributed by atoms with Gasteiger partial charge in [0.2, 0.25) is 8.07 Å². The van der Waals surface area contributed by atoms with E-state index in [-0.39, 0.29) is 0 Å². The van der Waals surface area contributed by atoms with E-state index < -0.39 is 8.07 Å². The highest BCUT2D eigenvalue weighted by Crippen LogP contribution is 2.31. The van der Waals surface area contributed by atoms with Crippen molar-refractivity contribution < 1.29 is 0 Å². The molecule has 0 aliphatic carbocycles. The van der Waals surface area contributed by atoms with Crippen molar-refractivity contribution in [2.75, 3.05) is 0 Å². The molecule has 0 saturated carbocycles. The number of rotatable bonds is 5. The van der Waals surface area contributed by atoms with Crippen LogP contribution in [0.5, 0.6) is 0 Å². The molecule has 0 atom stereocenters. The number of benzene rings is 5. The van der Waals surface area contributed by atoms with Crippen LogP contribution in [0, 0.1) is 0 Å². The minimum atomic E-state index is -2.69. The van der Waals surface area contributed by atoms with Gasteiger partial charge in [0.15, 0.2) is 0 Å². The van der Waals surface area contributed by atoms with Crippen molar-refractivity contribution in [3.8, 4) is 5.69 Å². The van der Waals surface area contributed by atoms with E-state index in [2.05, 4.69) is 150 Å². The van der Waals surface area contributed by atoms with Crippen LogP contribution >= 0.6 is 0 Å². The predicted octanol–water partition coefficient (Wildman–Crippen LogP) is 5.56. The van der Waals surface area contributed by atoms with E-state index in [0.717, 1.165) is 5.32 Å². The number of aromatic nitrogens is 2. The second-order valence-corrected chi connectivity index (χ2v) is 13.4. The van der Waals surface area contributed by atoms with Crippen LogP contribution in [0.4, 0.5) is 0 Å². The van der Waals surface area contributed by atoms with Gasteiger partial charge in [-0.3, -0.25) is 4.98 Å². The highest BCUT2D eigenvalue weighted by atomic mass is 28.3. The Morgan fingerprint density at radius 1 is 0.447 bits per heavy atom. The van der Waals surface area contributed by atoms with Crippen molar-refractivity contribution in [2.45, 2.75) is 0 Å². The van der Waals surface area contributed by atoms with E-state index in [4.69, 9.17) is 4.98 Å². The lowest BCUT2D eigenvalue weighted by Crippen LogP contribution is -2.75. The van der Waals surface area contributed by atoms with Crippen LogP contribution in [0.15, 0.2) is 158 Å². The summed E-state index contributed by atoms with van der Waals surface area (Å²) < 4.78 is 2.38. The third-order valence-electron chi connectivity index (χ3n) is 7.58. The van der Waals surface area contributed by atoms with E-state index in [1.165, 1.54) is 43.1 Å². The molecule has 180 valence electrons. The van der Waals surface area contributed by atoms with Crippen LogP contribution in [-0.4, -0.2) is 17.6 Å². The Hall–Kier alpha value is -4.73. The largest absolute Gasteiger partial charge is 0.309 e. The van der Waals surface area contributed by atoms with Gasteiger partial charge < -0.3 is 4.57 Å². The molecule has 0 spiro atoms. The average Bonchev–Trinajstić information content (AvgIpc) is 3.34. The molecule has 2 nitrogen and oxygen atoms in total. The van der Waals surface area contributed by atoms with E-state index in [1.807, 2.05) is 12.3 Å². The van der Waals surface area contributed by atoms with Gasteiger partial charge in [-0.05, 0) is 52.0 Å². The Bertz CT molecular complexity index is 1750. The highest BCUT2D eigenvalue weighted by molar-refractivity contribution is 7.19. The van der Waals surface area contributed by atoms with E-state index in [9.17, 15) is 0 Å². The van der Waals surface area contributed by atoms with Gasteiger partial charge in [0.25, 0.3) is 0 Å². The number of para-hydroxylation sites is 2. The Kier molecular flexibility index (Phi) is 5.49. The van der Waals surface area contributed by atoms with Crippen LogP contribution in [0.1, 0.15) is 0 Å². The van der Waals surface area contributed by atoms with Crippen LogP contribution in [0.25, 0.3) is 27.5 Å². The van der Waals surface area contributed by atoms with Gasteiger partial charge in [0, 0.05) is 28.0 Å². The van der Waals surface area contributed by atoms with Crippen molar-refractivity contribution in [1.82, 2.24) is 9.55 Å². The summed E-state index contributed by atoms with van der Waals surface area (Å²) >= 11 is 0. The summed E-state index contributed by atoms with van der Waals surface area (Å²) in [5.41, 5.74) is 3.60. The molecule has 0 fully saturated rings. The monoisotopic (exact) mass is 502 g/mol. The second-order valence-electron chi connectivity index (χ2n) is 9.62. The molecule has 0 radical (unpaired) electrons. The maximum atomic E-state index is 5.03. The van der Waals surface area contributed by atoms with Gasteiger partial charge in [-0.15, -0.1) is 0 Å². The van der Waals surface area contributed by atoms with E-state index >= 15 is 0 Å². The lowest BCUT2D eigenvalue weighted by Gasteiger charge is -2.33. The summed E-state index contributed by atoms with van der Waals surface area (Å²) in [5, 5.41) is 7.66. The van der Waals surface area contributed by atoms with Crippen LogP contribution < -0.4 is 20.9 Å². The van der Waals surface area contributed by atoms with Crippen LogP contribution in [-0.2, 0) is 0 Å². The molecule has 7 rings (SSSR count). The Balaban J connectivity index is 1.61. The third kappa shape index (κ3) is 3.44. The van der Waals surface area contributed by atoms with Gasteiger partial charge in [0.1, 0.15) is 0 Å². The molecule has 0 amide bonds. The fourth-order valence-corrected chi connectivity index (χ4v) is 10.5. The number of hydrogen-bond acceptors (Lipinski definition) is 1. The Morgan fingerprint density at radius 2 is 1.03 bits per heavy atom. The number of fused-ring (bicyclic) bond motifs is 3. The van der Waals surface area contributed by atoms with Gasteiger partial charge in [-0.25, -0.2) is 0 Å².